The number of rotatable bonds is 6. The molecule has 3 heterocycles. The maximum absolute atomic E-state index is 13.2. The minimum absolute atomic E-state index is 0.0355. The van der Waals surface area contributed by atoms with Crippen molar-refractivity contribution in [2.24, 2.45) is 0 Å². The van der Waals surface area contributed by atoms with Crippen molar-refractivity contribution in [1.82, 2.24) is 14.5 Å². The fourth-order valence-corrected chi connectivity index (χ4v) is 6.42. The van der Waals surface area contributed by atoms with Crippen LogP contribution in [0.1, 0.15) is 12.6 Å². The van der Waals surface area contributed by atoms with Gasteiger partial charge in [-0.2, -0.15) is 0 Å². The van der Waals surface area contributed by atoms with E-state index in [0.29, 0.717) is 31.3 Å². The number of para-hydroxylation sites is 1. The maximum atomic E-state index is 13.2. The lowest BCUT2D eigenvalue weighted by Gasteiger charge is -2.41. The molecule has 0 spiro atoms. The van der Waals surface area contributed by atoms with Crippen molar-refractivity contribution >= 4 is 49.0 Å². The van der Waals surface area contributed by atoms with E-state index in [0.717, 1.165) is 22.3 Å². The van der Waals surface area contributed by atoms with Gasteiger partial charge in [-0.05, 0) is 55.6 Å². The van der Waals surface area contributed by atoms with Gasteiger partial charge in [0.1, 0.15) is 6.54 Å². The Hall–Kier alpha value is -3.37. The molecule has 1 N–H and O–H groups in total. The Bertz CT molecular complexity index is 1450. The number of sulfonamides is 1. The Balaban J connectivity index is 1.24. The minimum atomic E-state index is -3.68. The van der Waals surface area contributed by atoms with Gasteiger partial charge in [-0.25, -0.2) is 13.4 Å². The summed E-state index contributed by atoms with van der Waals surface area (Å²) in [7, 11) is -3.68. The summed E-state index contributed by atoms with van der Waals surface area (Å²) in [5, 5.41) is 3.20. The van der Waals surface area contributed by atoms with Gasteiger partial charge in [-0.1, -0.05) is 18.2 Å². The number of benzene rings is 2. The number of aromatic nitrogens is 2. The lowest BCUT2D eigenvalue weighted by Crippen LogP contribution is -2.54. The molecule has 1 unspecified atom stereocenters. The van der Waals surface area contributed by atoms with E-state index in [2.05, 4.69) is 38.2 Å². The third kappa shape index (κ3) is 4.76. The van der Waals surface area contributed by atoms with Crippen molar-refractivity contribution < 1.29 is 13.2 Å². The fourth-order valence-electron chi connectivity index (χ4n) is 4.63. The molecule has 1 atom stereocenters. The number of carbonyl (C=O) groups is 1. The molecule has 4 aromatic rings. The van der Waals surface area contributed by atoms with Crippen LogP contribution in [0.5, 0.6) is 0 Å². The van der Waals surface area contributed by atoms with E-state index in [1.165, 1.54) is 11.3 Å². The molecular formula is C25H27N5O3S2. The Morgan fingerprint density at radius 2 is 1.91 bits per heavy atom. The van der Waals surface area contributed by atoms with E-state index in [1.807, 2.05) is 42.2 Å². The van der Waals surface area contributed by atoms with Gasteiger partial charge in [0.25, 0.3) is 10.0 Å². The van der Waals surface area contributed by atoms with Gasteiger partial charge < -0.3 is 14.4 Å². The Kier molecular flexibility index (Phi) is 6.24. The smallest absolute Gasteiger partial charge is 0.263 e. The summed E-state index contributed by atoms with van der Waals surface area (Å²) < 4.78 is 29.7. The third-order valence-corrected chi connectivity index (χ3v) is 8.60. The molecule has 0 saturated carbocycles. The predicted molar refractivity (Wildman–Crippen MR) is 139 cm³/mol. The second kappa shape index (κ2) is 9.35. The summed E-state index contributed by atoms with van der Waals surface area (Å²) in [5.41, 5.74) is 3.08. The number of hydrogen-bond acceptors (Lipinski definition) is 6. The Morgan fingerprint density at radius 3 is 2.63 bits per heavy atom. The summed E-state index contributed by atoms with van der Waals surface area (Å²) in [4.78, 5) is 21.5. The van der Waals surface area contributed by atoms with Crippen molar-refractivity contribution in [3.63, 3.8) is 0 Å². The molecule has 1 amide bonds. The number of nitrogens with one attached hydrogen (secondary N) is 1. The van der Waals surface area contributed by atoms with Crippen LogP contribution in [0, 0.1) is 6.92 Å². The molecule has 0 radical (unpaired) electrons. The number of thiazole rings is 1. The van der Waals surface area contributed by atoms with Crippen LogP contribution < -0.4 is 9.62 Å². The number of anilines is 2. The second-order valence-electron chi connectivity index (χ2n) is 8.75. The molecular weight excluding hydrogens is 482 g/mol. The summed E-state index contributed by atoms with van der Waals surface area (Å²) >= 11 is 1.23. The van der Waals surface area contributed by atoms with Crippen LogP contribution in [0.3, 0.4) is 0 Å². The zero-order valence-corrected chi connectivity index (χ0v) is 21.2. The van der Waals surface area contributed by atoms with Crippen LogP contribution >= 0.6 is 11.3 Å². The SMILES string of the molecule is Cc1cc2ccccc2n1CC(=O)N1CCN(c2ccc(S(=O)(=O)Nc3nccs3)cc2)CC1C. The number of fused-ring (bicyclic) bond motifs is 1. The molecule has 1 aliphatic heterocycles. The number of hydrogen-bond donors (Lipinski definition) is 1. The normalized spacial score (nSPS) is 16.6. The topological polar surface area (TPSA) is 87.5 Å². The average Bonchev–Trinajstić information content (AvgIpc) is 3.46. The molecule has 2 aromatic heterocycles. The molecule has 35 heavy (non-hydrogen) atoms. The lowest BCUT2D eigenvalue weighted by atomic mass is 10.1. The van der Waals surface area contributed by atoms with Crippen LogP contribution in [0.25, 0.3) is 10.9 Å². The van der Waals surface area contributed by atoms with Crippen molar-refractivity contribution in [3.05, 3.63) is 71.9 Å². The molecule has 2 aromatic carbocycles. The van der Waals surface area contributed by atoms with E-state index in [4.69, 9.17) is 0 Å². The first-order valence-electron chi connectivity index (χ1n) is 11.4. The average molecular weight is 510 g/mol. The van der Waals surface area contributed by atoms with Gasteiger partial charge in [0, 0.05) is 54.2 Å². The van der Waals surface area contributed by atoms with Crippen LogP contribution in [0.4, 0.5) is 10.8 Å². The molecule has 182 valence electrons. The molecule has 10 heteroatoms. The molecule has 1 aliphatic rings. The Morgan fingerprint density at radius 1 is 1.14 bits per heavy atom. The van der Waals surface area contributed by atoms with Crippen LogP contribution in [0.2, 0.25) is 0 Å². The Labute approximate surface area is 208 Å². The number of piperazine rings is 1. The third-order valence-electron chi connectivity index (χ3n) is 6.43. The highest BCUT2D eigenvalue weighted by Crippen LogP contribution is 2.24. The van der Waals surface area contributed by atoms with Crippen LogP contribution in [-0.2, 0) is 21.4 Å². The largest absolute Gasteiger partial charge is 0.368 e. The van der Waals surface area contributed by atoms with Gasteiger partial charge in [-0.15, -0.1) is 11.3 Å². The highest BCUT2D eigenvalue weighted by atomic mass is 32.2. The van der Waals surface area contributed by atoms with E-state index in [-0.39, 0.29) is 16.8 Å². The summed E-state index contributed by atoms with van der Waals surface area (Å²) in [5.74, 6) is 0.108. The first-order valence-corrected chi connectivity index (χ1v) is 13.8. The van der Waals surface area contributed by atoms with E-state index < -0.39 is 10.0 Å². The quantitative estimate of drug-likeness (QED) is 0.425. The zero-order valence-electron chi connectivity index (χ0n) is 19.6. The van der Waals surface area contributed by atoms with Crippen molar-refractivity contribution in [2.45, 2.75) is 31.3 Å². The first kappa shape index (κ1) is 23.4. The number of nitrogens with zero attached hydrogens (tertiary/aromatic N) is 4. The summed E-state index contributed by atoms with van der Waals surface area (Å²) in [6, 6.07) is 17.1. The highest BCUT2D eigenvalue weighted by Gasteiger charge is 2.28. The molecule has 8 nitrogen and oxygen atoms in total. The second-order valence-corrected chi connectivity index (χ2v) is 11.3. The van der Waals surface area contributed by atoms with Crippen LogP contribution in [0.15, 0.2) is 71.1 Å². The minimum Gasteiger partial charge on any atom is -0.368 e. The van der Waals surface area contributed by atoms with Crippen molar-refractivity contribution in [2.75, 3.05) is 29.3 Å². The first-order chi connectivity index (χ1) is 16.8. The monoisotopic (exact) mass is 509 g/mol. The van der Waals surface area contributed by atoms with Gasteiger partial charge in [0.05, 0.1) is 4.90 Å². The van der Waals surface area contributed by atoms with Gasteiger partial charge in [0.2, 0.25) is 5.91 Å². The zero-order chi connectivity index (χ0) is 24.6. The maximum Gasteiger partial charge on any atom is 0.263 e. The van der Waals surface area contributed by atoms with E-state index >= 15 is 0 Å². The van der Waals surface area contributed by atoms with Gasteiger partial charge in [0.15, 0.2) is 5.13 Å². The molecule has 1 saturated heterocycles. The molecule has 0 aliphatic carbocycles. The lowest BCUT2D eigenvalue weighted by molar-refractivity contribution is -0.134. The number of aryl methyl sites for hydroxylation is 1. The fraction of sp³-hybridized carbons (Fsp3) is 0.280. The van der Waals surface area contributed by atoms with Crippen molar-refractivity contribution in [1.29, 1.82) is 0 Å². The number of carbonyl (C=O) groups excluding carboxylic acids is 1. The standard InChI is InChI=1S/C25H27N5O3S2/c1-18-15-20-5-3-4-6-23(20)30(18)17-24(31)29-13-12-28(16-19(29)2)21-7-9-22(10-8-21)35(32,33)27-25-26-11-14-34-25/h3-11,14-15,19H,12-13,16-17H2,1-2H3,(H,26,27). The van der Waals surface area contributed by atoms with E-state index in [1.54, 1.807) is 23.7 Å². The highest BCUT2D eigenvalue weighted by molar-refractivity contribution is 7.93. The van der Waals surface area contributed by atoms with E-state index in [9.17, 15) is 13.2 Å². The van der Waals surface area contributed by atoms with Crippen LogP contribution in [-0.4, -0.2) is 54.5 Å². The number of amides is 1. The summed E-state index contributed by atoms with van der Waals surface area (Å²) in [6.07, 6.45) is 1.55. The van der Waals surface area contributed by atoms with Crippen molar-refractivity contribution in [3.8, 4) is 0 Å². The molecule has 0 bridgehead atoms. The summed E-state index contributed by atoms with van der Waals surface area (Å²) in [6.45, 7) is 6.39. The molecule has 5 rings (SSSR count). The molecule has 1 fully saturated rings. The predicted octanol–water partition coefficient (Wildman–Crippen LogP) is 3.94. The van der Waals surface area contributed by atoms with Gasteiger partial charge >= 0.3 is 0 Å². The van der Waals surface area contributed by atoms with Gasteiger partial charge in [-0.3, -0.25) is 9.52 Å².